The summed E-state index contributed by atoms with van der Waals surface area (Å²) in [6.45, 7) is 15.0. The van der Waals surface area contributed by atoms with E-state index in [-0.39, 0.29) is 0 Å². The van der Waals surface area contributed by atoms with Crippen LogP contribution in [0.2, 0.25) is 0 Å². The highest BCUT2D eigenvalue weighted by molar-refractivity contribution is 7.60. The van der Waals surface area contributed by atoms with Crippen LogP contribution in [0.25, 0.3) is 0 Å². The SMILES string of the molecule is CCCC[N+](CCCC)(CCCC)CCCC.[S-]C12c3ccccc3C(c3ccccc31)c1ccccc12. The maximum absolute atomic E-state index is 6.26. The number of hydrogen-bond acceptors (Lipinski definition) is 1. The van der Waals surface area contributed by atoms with Gasteiger partial charge in [-0.25, -0.2) is 0 Å². The van der Waals surface area contributed by atoms with Crippen molar-refractivity contribution in [2.45, 2.75) is 89.7 Å². The van der Waals surface area contributed by atoms with Crippen LogP contribution in [-0.2, 0) is 17.4 Å². The van der Waals surface area contributed by atoms with Crippen molar-refractivity contribution in [3.05, 3.63) is 106 Å². The maximum Gasteiger partial charge on any atom is 0.0786 e. The Bertz CT molecular complexity index is 1010. The lowest BCUT2D eigenvalue weighted by Gasteiger charge is -2.56. The van der Waals surface area contributed by atoms with Crippen molar-refractivity contribution in [1.82, 2.24) is 0 Å². The summed E-state index contributed by atoms with van der Waals surface area (Å²) in [5.41, 5.74) is 8.02. The van der Waals surface area contributed by atoms with Crippen LogP contribution in [0, 0.1) is 0 Å². The molecule has 0 aliphatic heterocycles. The molecule has 0 atom stereocenters. The fourth-order valence-corrected chi connectivity index (χ4v) is 7.35. The van der Waals surface area contributed by atoms with E-state index in [1.165, 1.54) is 115 Å². The molecule has 0 radical (unpaired) electrons. The van der Waals surface area contributed by atoms with Crippen LogP contribution >= 0.6 is 0 Å². The molecule has 0 N–H and O–H groups in total. The van der Waals surface area contributed by atoms with Crippen LogP contribution in [0.4, 0.5) is 0 Å². The highest BCUT2D eigenvalue weighted by atomic mass is 32.1. The molecule has 0 amide bonds. The molecule has 38 heavy (non-hydrogen) atoms. The molecule has 3 aliphatic rings. The minimum atomic E-state index is -0.432. The molecule has 0 spiro atoms. The van der Waals surface area contributed by atoms with Crippen molar-refractivity contribution in [2.75, 3.05) is 26.2 Å². The second kappa shape index (κ2) is 13.4. The summed E-state index contributed by atoms with van der Waals surface area (Å²) in [6, 6.07) is 26.1. The topological polar surface area (TPSA) is 0 Å². The molecule has 3 aliphatic carbocycles. The lowest BCUT2D eigenvalue weighted by Crippen LogP contribution is -2.50. The molecule has 2 heteroatoms. The summed E-state index contributed by atoms with van der Waals surface area (Å²) in [4.78, 5) is 0. The zero-order valence-corrected chi connectivity index (χ0v) is 25.2. The van der Waals surface area contributed by atoms with Crippen LogP contribution in [0.1, 0.15) is 118 Å². The molecule has 0 saturated carbocycles. The highest BCUT2D eigenvalue weighted by Crippen LogP contribution is 2.58. The lowest BCUT2D eigenvalue weighted by atomic mass is 9.60. The Morgan fingerprint density at radius 2 is 0.816 bits per heavy atom. The molecular formula is C36H49NS. The zero-order valence-electron chi connectivity index (χ0n) is 24.3. The summed E-state index contributed by atoms with van der Waals surface area (Å²) in [7, 11) is 0. The Balaban J connectivity index is 0.000000183. The van der Waals surface area contributed by atoms with E-state index in [0.29, 0.717) is 5.92 Å². The van der Waals surface area contributed by atoms with Crippen molar-refractivity contribution in [3.63, 3.8) is 0 Å². The van der Waals surface area contributed by atoms with Gasteiger partial charge in [0.05, 0.1) is 26.2 Å². The third-order valence-corrected chi connectivity index (χ3v) is 9.56. The predicted molar refractivity (Wildman–Crippen MR) is 167 cm³/mol. The van der Waals surface area contributed by atoms with Gasteiger partial charge in [-0.3, -0.25) is 0 Å². The molecule has 6 rings (SSSR count). The Labute approximate surface area is 238 Å². The van der Waals surface area contributed by atoms with Crippen LogP contribution in [-0.4, -0.2) is 30.7 Å². The largest absolute Gasteiger partial charge is 0.772 e. The van der Waals surface area contributed by atoms with Crippen molar-refractivity contribution >= 4 is 12.6 Å². The molecule has 0 saturated heterocycles. The molecule has 3 aromatic carbocycles. The van der Waals surface area contributed by atoms with Crippen molar-refractivity contribution in [1.29, 1.82) is 0 Å². The van der Waals surface area contributed by atoms with Gasteiger partial charge in [-0.05, 0) is 42.4 Å². The fourth-order valence-electron chi connectivity index (χ4n) is 6.79. The van der Waals surface area contributed by atoms with Crippen LogP contribution in [0.5, 0.6) is 0 Å². The van der Waals surface area contributed by atoms with Gasteiger partial charge in [0, 0.05) is 5.92 Å². The first-order chi connectivity index (χ1) is 18.6. The van der Waals surface area contributed by atoms with E-state index in [9.17, 15) is 0 Å². The lowest BCUT2D eigenvalue weighted by molar-refractivity contribution is -0.929. The average molecular weight is 528 g/mol. The number of nitrogens with zero attached hydrogens (tertiary/aromatic N) is 1. The summed E-state index contributed by atoms with van der Waals surface area (Å²) in [5.74, 6) is 0.332. The number of unbranched alkanes of at least 4 members (excludes halogenated alkanes) is 4. The summed E-state index contributed by atoms with van der Waals surface area (Å²) < 4.78 is 0.988. The van der Waals surface area contributed by atoms with Crippen LogP contribution in [0.3, 0.4) is 0 Å². The third-order valence-electron chi connectivity index (χ3n) is 8.90. The molecule has 0 fully saturated rings. The number of quaternary nitrogens is 1. The molecule has 0 aromatic heterocycles. The van der Waals surface area contributed by atoms with E-state index in [1.54, 1.807) is 0 Å². The standard InChI is InChI=1S/C20H14S.C16H36N/c21-20-16-10-4-1-7-13(16)19(14-8-2-5-11-17(14)20)15-9-3-6-12-18(15)20;1-5-9-13-17(14-10-6-2,15-11-7-3)16-12-8-4/h1-12,19,21H;5-16H2,1-4H3/q;+1/p-1. The second-order valence-corrected chi connectivity index (χ2v) is 12.1. The molecule has 0 unspecified atom stereocenters. The van der Waals surface area contributed by atoms with E-state index < -0.39 is 4.75 Å². The highest BCUT2D eigenvalue weighted by Gasteiger charge is 2.43. The molecular weight excluding hydrogens is 478 g/mol. The smallest absolute Gasteiger partial charge is 0.0786 e. The molecule has 2 bridgehead atoms. The minimum absolute atomic E-state index is 0.332. The predicted octanol–water partition coefficient (Wildman–Crippen LogP) is 9.34. The first-order valence-corrected chi connectivity index (χ1v) is 15.8. The first kappa shape index (κ1) is 29.0. The monoisotopic (exact) mass is 527 g/mol. The van der Waals surface area contributed by atoms with Gasteiger partial charge in [-0.1, -0.05) is 148 Å². The quantitative estimate of drug-likeness (QED) is 0.167. The van der Waals surface area contributed by atoms with E-state index in [0.717, 1.165) is 0 Å². The molecule has 0 heterocycles. The number of benzene rings is 3. The van der Waals surface area contributed by atoms with Gasteiger partial charge in [0.1, 0.15) is 0 Å². The summed E-state index contributed by atoms with van der Waals surface area (Å²) >= 11 is 6.26. The van der Waals surface area contributed by atoms with E-state index in [1.807, 2.05) is 0 Å². The minimum Gasteiger partial charge on any atom is -0.772 e. The first-order valence-electron chi connectivity index (χ1n) is 15.4. The average Bonchev–Trinajstić information content (AvgIpc) is 2.97. The number of rotatable bonds is 12. The second-order valence-electron chi connectivity index (χ2n) is 11.5. The zero-order chi connectivity index (χ0) is 27.0. The van der Waals surface area contributed by atoms with E-state index in [4.69, 9.17) is 12.6 Å². The molecule has 204 valence electrons. The van der Waals surface area contributed by atoms with Gasteiger partial charge in [0.15, 0.2) is 0 Å². The van der Waals surface area contributed by atoms with Gasteiger partial charge in [0.2, 0.25) is 0 Å². The van der Waals surface area contributed by atoms with E-state index in [2.05, 4.69) is 100 Å². The van der Waals surface area contributed by atoms with Crippen molar-refractivity contribution < 1.29 is 4.48 Å². The van der Waals surface area contributed by atoms with Gasteiger partial charge in [-0.2, -0.15) is 0 Å². The Hall–Kier alpha value is -2.03. The van der Waals surface area contributed by atoms with Crippen molar-refractivity contribution in [3.8, 4) is 0 Å². The van der Waals surface area contributed by atoms with Crippen LogP contribution < -0.4 is 0 Å². The maximum atomic E-state index is 6.26. The van der Waals surface area contributed by atoms with Gasteiger partial charge in [-0.15, -0.1) is 0 Å². The molecule has 3 aromatic rings. The third kappa shape index (κ3) is 5.63. The Morgan fingerprint density at radius 1 is 0.526 bits per heavy atom. The Kier molecular flexibility index (Phi) is 10.2. The molecule has 1 nitrogen and oxygen atoms in total. The normalized spacial score (nSPS) is 18.7. The fraction of sp³-hybridized carbons (Fsp3) is 0.500. The van der Waals surface area contributed by atoms with Crippen molar-refractivity contribution in [2.24, 2.45) is 0 Å². The summed E-state index contributed by atoms with van der Waals surface area (Å²) in [6.07, 6.45) is 11.1. The van der Waals surface area contributed by atoms with Crippen LogP contribution in [0.15, 0.2) is 72.8 Å². The van der Waals surface area contributed by atoms with Gasteiger partial charge >= 0.3 is 0 Å². The van der Waals surface area contributed by atoms with Gasteiger partial charge < -0.3 is 17.1 Å². The Morgan fingerprint density at radius 3 is 1.11 bits per heavy atom. The van der Waals surface area contributed by atoms with Gasteiger partial charge in [0.25, 0.3) is 0 Å². The van der Waals surface area contributed by atoms with E-state index >= 15 is 0 Å². The number of hydrogen-bond donors (Lipinski definition) is 0. The summed E-state index contributed by atoms with van der Waals surface area (Å²) in [5, 5.41) is 0.